The Bertz CT molecular complexity index is 947. The maximum Gasteiger partial charge on any atom is 0.248 e. The van der Waals surface area contributed by atoms with Crippen molar-refractivity contribution >= 4 is 21.9 Å². The molecule has 0 amide bonds. The summed E-state index contributed by atoms with van der Waals surface area (Å²) in [6.07, 6.45) is 4.84. The lowest BCUT2D eigenvalue weighted by molar-refractivity contribution is 0.463. The number of pyridine rings is 1. The lowest BCUT2D eigenvalue weighted by Gasteiger charge is -2.07. The molecular formula is C15H11N5O. The molecule has 0 N–H and O–H groups in total. The van der Waals surface area contributed by atoms with Crippen LogP contribution in [-0.4, -0.2) is 24.7 Å². The summed E-state index contributed by atoms with van der Waals surface area (Å²) in [4.78, 5) is 12.7. The minimum Gasteiger partial charge on any atom is -0.435 e. The van der Waals surface area contributed by atoms with Crippen LogP contribution in [0.4, 0.5) is 0 Å². The summed E-state index contributed by atoms with van der Waals surface area (Å²) in [5.74, 6) is 1.10. The van der Waals surface area contributed by atoms with Crippen molar-refractivity contribution in [2.45, 2.75) is 0 Å². The Hall–Kier alpha value is -3.02. The lowest BCUT2D eigenvalue weighted by atomic mass is 10.2. The van der Waals surface area contributed by atoms with E-state index in [-0.39, 0.29) is 0 Å². The molecule has 0 radical (unpaired) electrons. The number of para-hydroxylation sites is 1. The van der Waals surface area contributed by atoms with E-state index in [9.17, 15) is 0 Å². The minimum absolute atomic E-state index is 0.470. The smallest absolute Gasteiger partial charge is 0.248 e. The molecule has 6 heteroatoms. The van der Waals surface area contributed by atoms with Gasteiger partial charge in [0.1, 0.15) is 23.1 Å². The molecular weight excluding hydrogens is 266 g/mol. The maximum absolute atomic E-state index is 5.86. The molecule has 0 unspecified atom stereocenters. The second kappa shape index (κ2) is 4.52. The maximum atomic E-state index is 5.86. The van der Waals surface area contributed by atoms with Gasteiger partial charge < -0.3 is 4.74 Å². The minimum atomic E-state index is 0.470. The van der Waals surface area contributed by atoms with Crippen molar-refractivity contribution in [3.05, 3.63) is 49.1 Å². The van der Waals surface area contributed by atoms with Gasteiger partial charge in [0.2, 0.25) is 5.88 Å². The van der Waals surface area contributed by atoms with Crippen LogP contribution in [0.15, 0.2) is 49.1 Å². The van der Waals surface area contributed by atoms with Crippen LogP contribution < -0.4 is 4.74 Å². The van der Waals surface area contributed by atoms with Gasteiger partial charge in [-0.25, -0.2) is 4.98 Å². The highest BCUT2D eigenvalue weighted by Crippen LogP contribution is 2.27. The van der Waals surface area contributed by atoms with Crippen molar-refractivity contribution in [3.63, 3.8) is 0 Å². The van der Waals surface area contributed by atoms with Crippen LogP contribution >= 0.6 is 0 Å². The predicted molar refractivity (Wildman–Crippen MR) is 78.1 cm³/mol. The van der Waals surface area contributed by atoms with Crippen LogP contribution in [0, 0.1) is 0 Å². The topological polar surface area (TPSA) is 65.7 Å². The molecule has 0 fully saturated rings. The van der Waals surface area contributed by atoms with Gasteiger partial charge in [0.25, 0.3) is 0 Å². The first-order valence-electron chi connectivity index (χ1n) is 6.46. The van der Waals surface area contributed by atoms with Gasteiger partial charge in [0.05, 0.1) is 17.9 Å². The fourth-order valence-electron chi connectivity index (χ4n) is 2.27. The zero-order valence-electron chi connectivity index (χ0n) is 11.3. The van der Waals surface area contributed by atoms with E-state index in [0.29, 0.717) is 11.6 Å². The number of benzene rings is 1. The number of fused-ring (bicyclic) bond motifs is 2. The zero-order chi connectivity index (χ0) is 14.2. The monoisotopic (exact) mass is 277 g/mol. The Labute approximate surface area is 120 Å². The van der Waals surface area contributed by atoms with E-state index >= 15 is 0 Å². The average Bonchev–Trinajstić information content (AvgIpc) is 2.90. The molecule has 0 atom stereocenters. The van der Waals surface area contributed by atoms with Crippen LogP contribution in [0.25, 0.3) is 21.9 Å². The van der Waals surface area contributed by atoms with Crippen molar-refractivity contribution in [1.82, 2.24) is 24.7 Å². The molecule has 4 aromatic rings. The second-order valence-corrected chi connectivity index (χ2v) is 4.65. The van der Waals surface area contributed by atoms with E-state index in [1.54, 1.807) is 17.1 Å². The van der Waals surface area contributed by atoms with Crippen LogP contribution in [0.1, 0.15) is 0 Å². The van der Waals surface area contributed by atoms with Crippen molar-refractivity contribution < 1.29 is 4.74 Å². The first-order valence-corrected chi connectivity index (χ1v) is 6.46. The largest absolute Gasteiger partial charge is 0.435 e. The molecule has 0 spiro atoms. The van der Waals surface area contributed by atoms with E-state index in [4.69, 9.17) is 4.74 Å². The van der Waals surface area contributed by atoms with Crippen LogP contribution in [0.5, 0.6) is 11.6 Å². The van der Waals surface area contributed by atoms with Crippen molar-refractivity contribution in [1.29, 1.82) is 0 Å². The Balaban J connectivity index is 1.81. The number of nitrogens with zero attached hydrogens (tertiary/aromatic N) is 5. The summed E-state index contributed by atoms with van der Waals surface area (Å²) < 4.78 is 7.56. The fourth-order valence-corrected chi connectivity index (χ4v) is 2.27. The van der Waals surface area contributed by atoms with Gasteiger partial charge in [-0.15, -0.1) is 0 Å². The van der Waals surface area contributed by atoms with E-state index in [1.165, 1.54) is 6.33 Å². The Morgan fingerprint density at radius 1 is 1.00 bits per heavy atom. The number of rotatable bonds is 2. The molecule has 3 aromatic heterocycles. The average molecular weight is 277 g/mol. The van der Waals surface area contributed by atoms with Gasteiger partial charge in [-0.05, 0) is 12.1 Å². The van der Waals surface area contributed by atoms with Gasteiger partial charge in [-0.3, -0.25) is 9.67 Å². The number of hydrogen-bond acceptors (Lipinski definition) is 5. The molecule has 0 aliphatic rings. The third-order valence-corrected chi connectivity index (χ3v) is 3.27. The molecule has 3 heterocycles. The Morgan fingerprint density at radius 3 is 2.86 bits per heavy atom. The lowest BCUT2D eigenvalue weighted by Crippen LogP contribution is -1.96. The quantitative estimate of drug-likeness (QED) is 0.563. The SMILES string of the molecule is Cn1ncc2ncnc(Oc3cnc4ccccc4c3)c21. The van der Waals surface area contributed by atoms with E-state index in [1.807, 2.05) is 37.4 Å². The highest BCUT2D eigenvalue weighted by Gasteiger charge is 2.11. The summed E-state index contributed by atoms with van der Waals surface area (Å²) in [5, 5.41) is 5.19. The van der Waals surface area contributed by atoms with Gasteiger partial charge in [-0.1, -0.05) is 18.2 Å². The number of ether oxygens (including phenoxy) is 1. The van der Waals surface area contributed by atoms with Gasteiger partial charge in [0.15, 0.2) is 0 Å². The van der Waals surface area contributed by atoms with Crippen molar-refractivity contribution in [2.75, 3.05) is 0 Å². The molecule has 0 saturated heterocycles. The second-order valence-electron chi connectivity index (χ2n) is 4.65. The van der Waals surface area contributed by atoms with E-state index in [0.717, 1.165) is 21.9 Å². The summed E-state index contributed by atoms with van der Waals surface area (Å²) in [7, 11) is 1.83. The van der Waals surface area contributed by atoms with Crippen LogP contribution in [-0.2, 0) is 7.05 Å². The van der Waals surface area contributed by atoms with Crippen LogP contribution in [0.2, 0.25) is 0 Å². The summed E-state index contributed by atoms with van der Waals surface area (Å²) in [6.45, 7) is 0. The Kier molecular flexibility index (Phi) is 2.53. The van der Waals surface area contributed by atoms with E-state index < -0.39 is 0 Å². The standard InChI is InChI=1S/C15H11N5O/c1-20-14-13(8-19-20)17-9-18-15(14)21-11-6-10-4-2-3-5-12(10)16-7-11/h2-9H,1H3. The first kappa shape index (κ1) is 11.8. The molecule has 4 rings (SSSR count). The van der Waals surface area contributed by atoms with Gasteiger partial charge in [-0.2, -0.15) is 10.1 Å². The predicted octanol–water partition coefficient (Wildman–Crippen LogP) is 2.70. The molecule has 0 saturated carbocycles. The molecule has 0 aliphatic carbocycles. The molecule has 1 aromatic carbocycles. The number of aryl methyl sites for hydroxylation is 1. The van der Waals surface area contributed by atoms with Crippen molar-refractivity contribution in [3.8, 4) is 11.6 Å². The molecule has 21 heavy (non-hydrogen) atoms. The van der Waals surface area contributed by atoms with Crippen LogP contribution in [0.3, 0.4) is 0 Å². The third-order valence-electron chi connectivity index (χ3n) is 3.27. The van der Waals surface area contributed by atoms with E-state index in [2.05, 4.69) is 20.1 Å². The zero-order valence-corrected chi connectivity index (χ0v) is 11.3. The van der Waals surface area contributed by atoms with Gasteiger partial charge in [0, 0.05) is 12.4 Å². The Morgan fingerprint density at radius 2 is 1.90 bits per heavy atom. The number of hydrogen-bond donors (Lipinski definition) is 0. The molecule has 6 nitrogen and oxygen atoms in total. The summed E-state index contributed by atoms with van der Waals surface area (Å²) >= 11 is 0. The number of aromatic nitrogens is 5. The first-order chi connectivity index (χ1) is 10.3. The van der Waals surface area contributed by atoms with Gasteiger partial charge >= 0.3 is 0 Å². The molecule has 0 bridgehead atoms. The highest BCUT2D eigenvalue weighted by atomic mass is 16.5. The van der Waals surface area contributed by atoms with Crippen molar-refractivity contribution in [2.24, 2.45) is 7.05 Å². The highest BCUT2D eigenvalue weighted by molar-refractivity contribution is 5.81. The fraction of sp³-hybridized carbons (Fsp3) is 0.0667. The normalized spacial score (nSPS) is 11.1. The summed E-state index contributed by atoms with van der Waals surface area (Å²) in [6, 6.07) is 9.82. The third kappa shape index (κ3) is 1.97. The molecule has 0 aliphatic heterocycles. The summed E-state index contributed by atoms with van der Waals surface area (Å²) in [5.41, 5.74) is 2.43. The molecule has 102 valence electrons.